The second-order valence-corrected chi connectivity index (χ2v) is 8.15. The first-order valence-corrected chi connectivity index (χ1v) is 10.5. The third-order valence-corrected chi connectivity index (χ3v) is 5.21. The fourth-order valence-electron chi connectivity index (χ4n) is 3.65. The van der Waals surface area contributed by atoms with Gasteiger partial charge in [0.1, 0.15) is 18.0 Å². The molecule has 160 valence electrons. The Morgan fingerprint density at radius 3 is 2.47 bits per heavy atom. The lowest BCUT2D eigenvalue weighted by Crippen LogP contribution is -2.42. The molecule has 0 aliphatic carbocycles. The van der Waals surface area contributed by atoms with Crippen LogP contribution in [0.4, 0.5) is 0 Å². The molecule has 0 radical (unpaired) electrons. The van der Waals surface area contributed by atoms with Gasteiger partial charge in [0.15, 0.2) is 0 Å². The van der Waals surface area contributed by atoms with E-state index in [4.69, 9.17) is 4.74 Å². The van der Waals surface area contributed by atoms with Crippen LogP contribution in [0.15, 0.2) is 48.8 Å². The Labute approximate surface area is 178 Å². The fourth-order valence-corrected chi connectivity index (χ4v) is 3.65. The molecule has 0 bridgehead atoms. The van der Waals surface area contributed by atoms with E-state index in [9.17, 15) is 4.79 Å². The maximum Gasteiger partial charge on any atom is 0.251 e. The van der Waals surface area contributed by atoms with Crippen LogP contribution in [0.1, 0.15) is 49.3 Å². The summed E-state index contributed by atoms with van der Waals surface area (Å²) >= 11 is 0. The number of pyridine rings is 1. The van der Waals surface area contributed by atoms with Crippen LogP contribution in [-0.4, -0.2) is 45.4 Å². The van der Waals surface area contributed by atoms with E-state index in [1.54, 1.807) is 12.1 Å². The van der Waals surface area contributed by atoms with Crippen molar-refractivity contribution in [2.45, 2.75) is 53.3 Å². The number of rotatable bonds is 9. The van der Waals surface area contributed by atoms with E-state index >= 15 is 0 Å². The SMILES string of the molecule is Cc1cccn2cc(COc3ccc(C(=O)NCCN(C(C)C)C(C)C)cc3)nc12. The Kier molecular flexibility index (Phi) is 7.11. The largest absolute Gasteiger partial charge is 0.487 e. The van der Waals surface area contributed by atoms with E-state index in [0.717, 1.165) is 23.4 Å². The van der Waals surface area contributed by atoms with Crippen molar-refractivity contribution < 1.29 is 9.53 Å². The zero-order valence-corrected chi connectivity index (χ0v) is 18.6. The van der Waals surface area contributed by atoms with Gasteiger partial charge < -0.3 is 14.5 Å². The van der Waals surface area contributed by atoms with Crippen molar-refractivity contribution in [1.82, 2.24) is 19.6 Å². The molecular weight excluding hydrogens is 376 g/mol. The predicted molar refractivity (Wildman–Crippen MR) is 120 cm³/mol. The zero-order valence-electron chi connectivity index (χ0n) is 18.6. The highest BCUT2D eigenvalue weighted by molar-refractivity contribution is 5.94. The van der Waals surface area contributed by atoms with Gasteiger partial charge in [-0.25, -0.2) is 4.98 Å². The highest BCUT2D eigenvalue weighted by atomic mass is 16.5. The number of aryl methyl sites for hydroxylation is 1. The van der Waals surface area contributed by atoms with Crippen molar-refractivity contribution in [1.29, 1.82) is 0 Å². The van der Waals surface area contributed by atoms with Gasteiger partial charge in [-0.05, 0) is 70.5 Å². The van der Waals surface area contributed by atoms with E-state index in [1.165, 1.54) is 0 Å². The van der Waals surface area contributed by atoms with Crippen molar-refractivity contribution in [3.05, 3.63) is 65.6 Å². The Balaban J connectivity index is 1.51. The van der Waals surface area contributed by atoms with Crippen molar-refractivity contribution in [2.75, 3.05) is 13.1 Å². The number of ether oxygens (including phenoxy) is 1. The molecule has 1 amide bonds. The quantitative estimate of drug-likeness (QED) is 0.580. The van der Waals surface area contributed by atoms with Crippen LogP contribution < -0.4 is 10.1 Å². The maximum absolute atomic E-state index is 12.4. The predicted octanol–water partition coefficient (Wildman–Crippen LogP) is 4.07. The third kappa shape index (κ3) is 5.39. The normalized spacial score (nSPS) is 11.6. The van der Waals surface area contributed by atoms with Gasteiger partial charge >= 0.3 is 0 Å². The summed E-state index contributed by atoms with van der Waals surface area (Å²) in [7, 11) is 0. The molecule has 6 nitrogen and oxygen atoms in total. The number of hydrogen-bond acceptors (Lipinski definition) is 4. The zero-order chi connectivity index (χ0) is 21.7. The van der Waals surface area contributed by atoms with Crippen molar-refractivity contribution in [2.24, 2.45) is 0 Å². The molecule has 0 unspecified atom stereocenters. The van der Waals surface area contributed by atoms with E-state index in [1.807, 2.05) is 48.0 Å². The van der Waals surface area contributed by atoms with Crippen molar-refractivity contribution in [3.8, 4) is 5.75 Å². The number of aromatic nitrogens is 2. The monoisotopic (exact) mass is 408 g/mol. The molecule has 0 aliphatic heterocycles. The van der Waals surface area contributed by atoms with E-state index < -0.39 is 0 Å². The average molecular weight is 409 g/mol. The van der Waals surface area contributed by atoms with Crippen LogP contribution >= 0.6 is 0 Å². The Morgan fingerprint density at radius 2 is 1.83 bits per heavy atom. The van der Waals surface area contributed by atoms with Gasteiger partial charge in [-0.2, -0.15) is 0 Å². The summed E-state index contributed by atoms with van der Waals surface area (Å²) in [5.41, 5.74) is 3.57. The smallest absolute Gasteiger partial charge is 0.251 e. The summed E-state index contributed by atoms with van der Waals surface area (Å²) in [6.07, 6.45) is 3.95. The Bertz CT molecular complexity index is 969. The lowest BCUT2D eigenvalue weighted by Gasteiger charge is -2.30. The second-order valence-electron chi connectivity index (χ2n) is 8.15. The average Bonchev–Trinajstić information content (AvgIpc) is 3.14. The number of nitrogens with one attached hydrogen (secondary N) is 1. The maximum atomic E-state index is 12.4. The second kappa shape index (κ2) is 9.76. The van der Waals surface area contributed by atoms with Crippen LogP contribution in [0.2, 0.25) is 0 Å². The minimum atomic E-state index is -0.0650. The number of carbonyl (C=O) groups excluding carboxylic acids is 1. The minimum Gasteiger partial charge on any atom is -0.487 e. The van der Waals surface area contributed by atoms with Crippen molar-refractivity contribution >= 4 is 11.6 Å². The molecule has 3 rings (SSSR count). The summed E-state index contributed by atoms with van der Waals surface area (Å²) < 4.78 is 7.85. The van der Waals surface area contributed by atoms with Gasteiger partial charge in [-0.15, -0.1) is 0 Å². The molecule has 1 N–H and O–H groups in total. The molecule has 0 atom stereocenters. The lowest BCUT2D eigenvalue weighted by atomic mass is 10.2. The van der Waals surface area contributed by atoms with Gasteiger partial charge in [-0.3, -0.25) is 9.69 Å². The highest BCUT2D eigenvalue weighted by Gasteiger charge is 2.13. The van der Waals surface area contributed by atoms with Crippen LogP contribution in [0.25, 0.3) is 5.65 Å². The van der Waals surface area contributed by atoms with Gasteiger partial charge in [0.25, 0.3) is 5.91 Å². The van der Waals surface area contributed by atoms with Gasteiger partial charge in [0, 0.05) is 43.1 Å². The number of fused-ring (bicyclic) bond motifs is 1. The summed E-state index contributed by atoms with van der Waals surface area (Å²) in [4.78, 5) is 19.4. The lowest BCUT2D eigenvalue weighted by molar-refractivity contribution is 0.0939. The molecule has 2 heterocycles. The molecule has 6 heteroatoms. The first-order valence-electron chi connectivity index (χ1n) is 10.5. The molecular formula is C24H32N4O2. The van der Waals surface area contributed by atoms with Crippen LogP contribution in [0.3, 0.4) is 0 Å². The van der Waals surface area contributed by atoms with Gasteiger partial charge in [0.05, 0.1) is 5.69 Å². The fraction of sp³-hybridized carbons (Fsp3) is 0.417. The van der Waals surface area contributed by atoms with Crippen LogP contribution in [-0.2, 0) is 6.61 Å². The number of hydrogen-bond donors (Lipinski definition) is 1. The number of amides is 1. The van der Waals surface area contributed by atoms with Crippen LogP contribution in [0.5, 0.6) is 5.75 Å². The highest BCUT2D eigenvalue weighted by Crippen LogP contribution is 2.16. The van der Waals surface area contributed by atoms with E-state index in [2.05, 4.69) is 42.9 Å². The minimum absolute atomic E-state index is 0.0650. The van der Waals surface area contributed by atoms with Gasteiger partial charge in [-0.1, -0.05) is 6.07 Å². The van der Waals surface area contributed by atoms with Crippen molar-refractivity contribution in [3.63, 3.8) is 0 Å². The molecule has 0 saturated carbocycles. The first kappa shape index (κ1) is 21.8. The Morgan fingerprint density at radius 1 is 1.13 bits per heavy atom. The summed E-state index contributed by atoms with van der Waals surface area (Å²) in [6, 6.07) is 12.2. The summed E-state index contributed by atoms with van der Waals surface area (Å²) in [5.74, 6) is 0.649. The molecule has 0 fully saturated rings. The standard InChI is InChI=1S/C24H32N4O2/c1-17(2)28(18(3)4)14-12-25-24(29)20-8-10-22(11-9-20)30-16-21-15-27-13-6-7-19(5)23(27)26-21/h6-11,13,15,17-18H,12,14,16H2,1-5H3,(H,25,29). The molecule has 3 aromatic rings. The topological polar surface area (TPSA) is 58.9 Å². The molecule has 0 aliphatic rings. The first-order chi connectivity index (χ1) is 14.3. The van der Waals surface area contributed by atoms with E-state index in [-0.39, 0.29) is 5.91 Å². The van der Waals surface area contributed by atoms with Gasteiger partial charge in [0.2, 0.25) is 0 Å². The number of benzene rings is 1. The van der Waals surface area contributed by atoms with E-state index in [0.29, 0.717) is 36.5 Å². The third-order valence-electron chi connectivity index (χ3n) is 5.21. The molecule has 2 aromatic heterocycles. The molecule has 0 spiro atoms. The number of carbonyl (C=O) groups is 1. The number of nitrogens with zero attached hydrogens (tertiary/aromatic N) is 3. The summed E-state index contributed by atoms with van der Waals surface area (Å²) in [5, 5.41) is 3.00. The molecule has 0 saturated heterocycles. The molecule has 1 aromatic carbocycles. The number of imidazole rings is 1. The molecule has 30 heavy (non-hydrogen) atoms. The summed E-state index contributed by atoms with van der Waals surface area (Å²) in [6.45, 7) is 12.6. The van der Waals surface area contributed by atoms with Crippen LogP contribution in [0, 0.1) is 6.92 Å². The Hall–Kier alpha value is -2.86.